The Balaban J connectivity index is 1.50. The highest BCUT2D eigenvalue weighted by molar-refractivity contribution is 5.15. The summed E-state index contributed by atoms with van der Waals surface area (Å²) in [6.45, 7) is 12.9. The van der Waals surface area contributed by atoms with Crippen LogP contribution in [0.2, 0.25) is 0 Å². The molecule has 0 bridgehead atoms. The van der Waals surface area contributed by atoms with Gasteiger partial charge in [-0.3, -0.25) is 14.6 Å². The second-order valence-corrected chi connectivity index (χ2v) is 7.62. The number of rotatable bonds is 6. The number of aromatic nitrogens is 3. The molecule has 1 saturated heterocycles. The standard InChI is InChI=1S/C20H31N5/c1-15(2)25-13-18(17(4)23-25)11-22-20-8-10-24(12-16(20)3)14-19-7-5-6-9-21-19/h5-7,9,13,15-16,20,22H,8,10-12,14H2,1-4H3/t16-,20-/m0/s1. The molecule has 5 nitrogen and oxygen atoms in total. The van der Waals surface area contributed by atoms with Crippen molar-refractivity contribution in [2.45, 2.75) is 59.3 Å². The second kappa shape index (κ2) is 8.11. The minimum absolute atomic E-state index is 0.418. The number of hydrogen-bond donors (Lipinski definition) is 1. The highest BCUT2D eigenvalue weighted by atomic mass is 15.3. The summed E-state index contributed by atoms with van der Waals surface area (Å²) in [5.41, 5.74) is 3.62. The summed E-state index contributed by atoms with van der Waals surface area (Å²) in [5.74, 6) is 0.637. The van der Waals surface area contributed by atoms with Crippen LogP contribution in [0.4, 0.5) is 0 Å². The second-order valence-electron chi connectivity index (χ2n) is 7.62. The van der Waals surface area contributed by atoms with Crippen molar-refractivity contribution in [2.75, 3.05) is 13.1 Å². The monoisotopic (exact) mass is 341 g/mol. The fourth-order valence-corrected chi connectivity index (χ4v) is 3.60. The van der Waals surface area contributed by atoms with E-state index in [1.165, 1.54) is 12.0 Å². The van der Waals surface area contributed by atoms with E-state index in [9.17, 15) is 0 Å². The predicted molar refractivity (Wildman–Crippen MR) is 101 cm³/mol. The van der Waals surface area contributed by atoms with E-state index in [1.54, 1.807) is 0 Å². The Morgan fingerprint density at radius 1 is 1.32 bits per heavy atom. The molecule has 2 aromatic heterocycles. The van der Waals surface area contributed by atoms with Gasteiger partial charge in [-0.05, 0) is 45.2 Å². The number of nitrogens with one attached hydrogen (secondary N) is 1. The van der Waals surface area contributed by atoms with Gasteiger partial charge < -0.3 is 5.32 Å². The third-order valence-electron chi connectivity index (χ3n) is 5.20. The molecule has 1 fully saturated rings. The van der Waals surface area contributed by atoms with Crippen molar-refractivity contribution < 1.29 is 0 Å². The largest absolute Gasteiger partial charge is 0.309 e. The minimum atomic E-state index is 0.418. The topological polar surface area (TPSA) is 46.0 Å². The number of hydrogen-bond acceptors (Lipinski definition) is 4. The van der Waals surface area contributed by atoms with Crippen LogP contribution in [0.3, 0.4) is 0 Å². The highest BCUT2D eigenvalue weighted by Crippen LogP contribution is 2.19. The first-order valence-corrected chi connectivity index (χ1v) is 9.43. The van der Waals surface area contributed by atoms with Gasteiger partial charge in [0.2, 0.25) is 0 Å². The third-order valence-corrected chi connectivity index (χ3v) is 5.20. The molecule has 2 aromatic rings. The molecule has 1 aliphatic rings. The molecule has 0 saturated carbocycles. The molecule has 1 N–H and O–H groups in total. The van der Waals surface area contributed by atoms with E-state index in [0.29, 0.717) is 18.0 Å². The van der Waals surface area contributed by atoms with Gasteiger partial charge in [0.25, 0.3) is 0 Å². The van der Waals surface area contributed by atoms with Gasteiger partial charge in [-0.25, -0.2) is 0 Å². The zero-order chi connectivity index (χ0) is 17.8. The van der Waals surface area contributed by atoms with E-state index >= 15 is 0 Å². The molecule has 5 heteroatoms. The lowest BCUT2D eigenvalue weighted by Gasteiger charge is -2.37. The van der Waals surface area contributed by atoms with E-state index in [4.69, 9.17) is 0 Å². The van der Waals surface area contributed by atoms with Crippen LogP contribution in [0.25, 0.3) is 0 Å². The summed E-state index contributed by atoms with van der Waals surface area (Å²) in [4.78, 5) is 6.97. The Labute approximate surface area is 151 Å². The number of nitrogens with zero attached hydrogens (tertiary/aromatic N) is 4. The van der Waals surface area contributed by atoms with Crippen molar-refractivity contribution in [2.24, 2.45) is 5.92 Å². The maximum Gasteiger partial charge on any atom is 0.0638 e. The molecule has 1 aliphatic heterocycles. The van der Waals surface area contributed by atoms with Crippen molar-refractivity contribution in [1.82, 2.24) is 25.0 Å². The first kappa shape index (κ1) is 18.1. The fourth-order valence-electron chi connectivity index (χ4n) is 3.60. The summed E-state index contributed by atoms with van der Waals surface area (Å²) >= 11 is 0. The first-order valence-electron chi connectivity index (χ1n) is 9.43. The molecule has 3 rings (SSSR count). The van der Waals surface area contributed by atoms with Crippen LogP contribution in [0.1, 0.15) is 50.2 Å². The van der Waals surface area contributed by atoms with Gasteiger partial charge in [-0.15, -0.1) is 0 Å². The maximum absolute atomic E-state index is 4.61. The molecule has 0 radical (unpaired) electrons. The normalized spacial score (nSPS) is 21.8. The van der Waals surface area contributed by atoms with Crippen molar-refractivity contribution in [1.29, 1.82) is 0 Å². The number of aryl methyl sites for hydroxylation is 1. The summed E-state index contributed by atoms with van der Waals surface area (Å²) < 4.78 is 2.06. The van der Waals surface area contributed by atoms with Crippen LogP contribution in [0, 0.1) is 12.8 Å². The van der Waals surface area contributed by atoms with E-state index in [-0.39, 0.29) is 0 Å². The van der Waals surface area contributed by atoms with Crippen molar-refractivity contribution in [3.05, 3.63) is 47.5 Å². The molecule has 0 unspecified atom stereocenters. The number of piperidine rings is 1. The average molecular weight is 342 g/mol. The van der Waals surface area contributed by atoms with Crippen LogP contribution in [0.15, 0.2) is 30.6 Å². The van der Waals surface area contributed by atoms with Crippen LogP contribution < -0.4 is 5.32 Å². The van der Waals surface area contributed by atoms with Crippen LogP contribution in [-0.4, -0.2) is 38.8 Å². The van der Waals surface area contributed by atoms with Crippen LogP contribution in [0.5, 0.6) is 0 Å². The highest BCUT2D eigenvalue weighted by Gasteiger charge is 2.26. The van der Waals surface area contributed by atoms with Gasteiger partial charge in [0, 0.05) is 56.2 Å². The molecule has 0 spiro atoms. The lowest BCUT2D eigenvalue weighted by Crippen LogP contribution is -2.47. The van der Waals surface area contributed by atoms with Crippen molar-refractivity contribution in [3.63, 3.8) is 0 Å². The summed E-state index contributed by atoms with van der Waals surface area (Å²) in [5, 5.41) is 8.38. The van der Waals surface area contributed by atoms with Gasteiger partial charge in [-0.2, -0.15) is 5.10 Å². The number of likely N-dealkylation sites (tertiary alicyclic amines) is 1. The Morgan fingerprint density at radius 2 is 2.16 bits per heavy atom. The Bertz CT molecular complexity index is 664. The van der Waals surface area contributed by atoms with E-state index in [0.717, 1.165) is 37.6 Å². The Hall–Kier alpha value is -1.72. The summed E-state index contributed by atoms with van der Waals surface area (Å²) in [6.07, 6.45) is 5.26. The molecule has 0 aliphatic carbocycles. The maximum atomic E-state index is 4.61. The van der Waals surface area contributed by atoms with E-state index in [1.807, 2.05) is 12.3 Å². The predicted octanol–water partition coefficient (Wildman–Crippen LogP) is 3.17. The fraction of sp³-hybridized carbons (Fsp3) is 0.600. The van der Waals surface area contributed by atoms with E-state index < -0.39 is 0 Å². The van der Waals surface area contributed by atoms with Crippen LogP contribution >= 0.6 is 0 Å². The third kappa shape index (κ3) is 4.67. The minimum Gasteiger partial charge on any atom is -0.309 e. The smallest absolute Gasteiger partial charge is 0.0638 e. The van der Waals surface area contributed by atoms with Crippen LogP contribution in [-0.2, 0) is 13.1 Å². The van der Waals surface area contributed by atoms with Gasteiger partial charge in [0.15, 0.2) is 0 Å². The summed E-state index contributed by atoms with van der Waals surface area (Å²) in [6, 6.07) is 7.15. The zero-order valence-corrected chi connectivity index (χ0v) is 15.9. The van der Waals surface area contributed by atoms with Gasteiger partial charge in [0.1, 0.15) is 0 Å². The molecule has 0 amide bonds. The molecule has 136 valence electrons. The number of pyridine rings is 1. The summed E-state index contributed by atoms with van der Waals surface area (Å²) in [7, 11) is 0. The quantitative estimate of drug-likeness (QED) is 0.877. The Morgan fingerprint density at radius 3 is 2.80 bits per heavy atom. The first-order chi connectivity index (χ1) is 12.0. The van der Waals surface area contributed by atoms with Gasteiger partial charge >= 0.3 is 0 Å². The molecule has 2 atom stereocenters. The lowest BCUT2D eigenvalue weighted by atomic mass is 9.93. The zero-order valence-electron chi connectivity index (χ0n) is 15.9. The Kier molecular flexibility index (Phi) is 5.86. The van der Waals surface area contributed by atoms with E-state index in [2.05, 4.69) is 71.0 Å². The average Bonchev–Trinajstić information content (AvgIpc) is 2.96. The lowest BCUT2D eigenvalue weighted by molar-refractivity contribution is 0.139. The van der Waals surface area contributed by atoms with Gasteiger partial charge in [-0.1, -0.05) is 13.0 Å². The SMILES string of the molecule is Cc1nn(C(C)C)cc1CN[C@H]1CCN(Cc2ccccn2)C[C@@H]1C. The molecular formula is C20H31N5. The molecule has 3 heterocycles. The van der Waals surface area contributed by atoms with Gasteiger partial charge in [0.05, 0.1) is 11.4 Å². The van der Waals surface area contributed by atoms with Crippen molar-refractivity contribution in [3.8, 4) is 0 Å². The van der Waals surface area contributed by atoms with Crippen molar-refractivity contribution >= 4 is 0 Å². The molecule has 25 heavy (non-hydrogen) atoms. The molecular weight excluding hydrogens is 310 g/mol. The molecule has 0 aromatic carbocycles.